The van der Waals surface area contributed by atoms with Gasteiger partial charge in [-0.3, -0.25) is 4.79 Å². The molecule has 0 radical (unpaired) electrons. The molecule has 0 atom stereocenters. The number of halogens is 2. The van der Waals surface area contributed by atoms with E-state index in [0.29, 0.717) is 12.8 Å². The van der Waals surface area contributed by atoms with Crippen molar-refractivity contribution >= 4 is 38.3 Å². The number of rotatable bonds is 4. The first-order chi connectivity index (χ1) is 6.61. The first kappa shape index (κ1) is 11.5. The van der Waals surface area contributed by atoms with E-state index in [0.717, 1.165) is 15.6 Å². The molecule has 1 rings (SSSR count). The summed E-state index contributed by atoms with van der Waals surface area (Å²) in [6.07, 6.45) is 0.937. The van der Waals surface area contributed by atoms with Gasteiger partial charge in [-0.25, -0.2) is 0 Å². The molecule has 0 fully saturated rings. The van der Waals surface area contributed by atoms with E-state index in [1.807, 2.05) is 24.3 Å². The fraction of sp³-hybridized carbons (Fsp3) is 0.182. The molecule has 0 saturated heterocycles. The summed E-state index contributed by atoms with van der Waals surface area (Å²) in [4.78, 5) is 10.6. The molecule has 1 aromatic rings. The molecular formula is C11H10BrClO. The van der Waals surface area contributed by atoms with E-state index in [9.17, 15) is 4.79 Å². The number of carbonyl (C=O) groups excluding carboxylic acids is 1. The predicted molar refractivity (Wildman–Crippen MR) is 63.3 cm³/mol. The third-order valence-electron chi connectivity index (χ3n) is 1.88. The van der Waals surface area contributed by atoms with Crippen LogP contribution in [0.15, 0.2) is 35.3 Å². The average molecular weight is 274 g/mol. The minimum absolute atomic E-state index is 0.321. The fourth-order valence-electron chi connectivity index (χ4n) is 1.13. The summed E-state index contributed by atoms with van der Waals surface area (Å²) in [7, 11) is 0. The van der Waals surface area contributed by atoms with Crippen molar-refractivity contribution in [3.8, 4) is 0 Å². The zero-order chi connectivity index (χ0) is 10.6. The van der Waals surface area contributed by atoms with Gasteiger partial charge in [0.25, 0.3) is 0 Å². The molecule has 0 aliphatic rings. The molecule has 0 aliphatic heterocycles. The molecule has 0 N–H and O–H groups in total. The van der Waals surface area contributed by atoms with Crippen LogP contribution < -0.4 is 0 Å². The smallest absolute Gasteiger partial charge is 0.221 e. The van der Waals surface area contributed by atoms with Gasteiger partial charge >= 0.3 is 0 Å². The molecule has 0 bridgehead atoms. The Bertz CT molecular complexity index is 360. The van der Waals surface area contributed by atoms with E-state index in [1.54, 1.807) is 0 Å². The molecular weight excluding hydrogens is 263 g/mol. The van der Waals surface area contributed by atoms with Gasteiger partial charge in [-0.2, -0.15) is 0 Å². The molecule has 14 heavy (non-hydrogen) atoms. The SMILES string of the molecule is C=C(CCC(=O)Cl)c1ccccc1Br. The van der Waals surface area contributed by atoms with Crippen LogP contribution in [0.4, 0.5) is 0 Å². The Labute approximate surface area is 96.9 Å². The Kier molecular flexibility index (Phi) is 4.36. The first-order valence-electron chi connectivity index (χ1n) is 4.22. The number of hydrogen-bond donors (Lipinski definition) is 0. The van der Waals surface area contributed by atoms with Gasteiger partial charge in [0.15, 0.2) is 0 Å². The monoisotopic (exact) mass is 272 g/mol. The number of hydrogen-bond acceptors (Lipinski definition) is 1. The van der Waals surface area contributed by atoms with Crippen molar-refractivity contribution in [3.05, 3.63) is 40.9 Å². The van der Waals surface area contributed by atoms with Gasteiger partial charge in [-0.15, -0.1) is 0 Å². The van der Waals surface area contributed by atoms with Gasteiger partial charge in [-0.05, 0) is 35.2 Å². The van der Waals surface area contributed by atoms with E-state index in [-0.39, 0.29) is 5.24 Å². The van der Waals surface area contributed by atoms with E-state index >= 15 is 0 Å². The van der Waals surface area contributed by atoms with Gasteiger partial charge in [0.1, 0.15) is 0 Å². The molecule has 0 spiro atoms. The fourth-order valence-corrected chi connectivity index (χ4v) is 1.79. The molecule has 0 heterocycles. The highest BCUT2D eigenvalue weighted by atomic mass is 79.9. The Morgan fingerprint density at radius 1 is 1.36 bits per heavy atom. The minimum Gasteiger partial charge on any atom is -0.281 e. The summed E-state index contributed by atoms with van der Waals surface area (Å²) in [6.45, 7) is 3.92. The lowest BCUT2D eigenvalue weighted by atomic mass is 10.0. The molecule has 0 unspecified atom stereocenters. The molecule has 0 saturated carbocycles. The maximum absolute atomic E-state index is 10.6. The van der Waals surface area contributed by atoms with E-state index < -0.39 is 0 Å². The highest BCUT2D eigenvalue weighted by Gasteiger charge is 2.04. The summed E-state index contributed by atoms with van der Waals surface area (Å²) in [5.41, 5.74) is 1.96. The Balaban J connectivity index is 2.70. The van der Waals surface area contributed by atoms with Gasteiger partial charge in [0.2, 0.25) is 5.24 Å². The van der Waals surface area contributed by atoms with Crippen LogP contribution >= 0.6 is 27.5 Å². The van der Waals surface area contributed by atoms with Crippen LogP contribution in [0, 0.1) is 0 Å². The third kappa shape index (κ3) is 3.28. The molecule has 1 aromatic carbocycles. The Morgan fingerprint density at radius 2 is 2.00 bits per heavy atom. The lowest BCUT2D eigenvalue weighted by Gasteiger charge is -2.06. The summed E-state index contributed by atoms with van der Waals surface area (Å²) in [5.74, 6) is 0. The van der Waals surface area contributed by atoms with Crippen LogP contribution in [0.2, 0.25) is 0 Å². The summed E-state index contributed by atoms with van der Waals surface area (Å²) < 4.78 is 0.993. The lowest BCUT2D eigenvalue weighted by molar-refractivity contribution is -0.111. The van der Waals surface area contributed by atoms with Crippen LogP contribution in [-0.4, -0.2) is 5.24 Å². The van der Waals surface area contributed by atoms with Crippen LogP contribution in [0.3, 0.4) is 0 Å². The maximum atomic E-state index is 10.6. The van der Waals surface area contributed by atoms with Crippen LogP contribution in [0.1, 0.15) is 18.4 Å². The predicted octanol–water partition coefficient (Wildman–Crippen LogP) is 4.01. The average Bonchev–Trinajstić information content (AvgIpc) is 2.15. The largest absolute Gasteiger partial charge is 0.281 e. The van der Waals surface area contributed by atoms with Crippen molar-refractivity contribution in [2.75, 3.05) is 0 Å². The van der Waals surface area contributed by atoms with E-state index in [2.05, 4.69) is 22.5 Å². The van der Waals surface area contributed by atoms with Crippen LogP contribution in [-0.2, 0) is 4.79 Å². The topological polar surface area (TPSA) is 17.1 Å². The van der Waals surface area contributed by atoms with Gasteiger partial charge in [0.05, 0.1) is 0 Å². The third-order valence-corrected chi connectivity index (χ3v) is 2.76. The number of benzene rings is 1. The molecule has 74 valence electrons. The van der Waals surface area contributed by atoms with Crippen molar-refractivity contribution in [3.63, 3.8) is 0 Å². The Morgan fingerprint density at radius 3 is 2.57 bits per heavy atom. The zero-order valence-electron chi connectivity index (χ0n) is 7.59. The quantitative estimate of drug-likeness (QED) is 0.758. The lowest BCUT2D eigenvalue weighted by Crippen LogP contribution is -1.89. The molecule has 3 heteroatoms. The van der Waals surface area contributed by atoms with Crippen molar-refractivity contribution in [1.82, 2.24) is 0 Å². The standard InChI is InChI=1S/C11H10BrClO/c1-8(6-7-11(13)14)9-4-2-3-5-10(9)12/h2-5H,1,6-7H2. The summed E-state index contributed by atoms with van der Waals surface area (Å²) >= 11 is 8.68. The van der Waals surface area contributed by atoms with E-state index in [1.165, 1.54) is 0 Å². The molecule has 1 nitrogen and oxygen atoms in total. The highest BCUT2D eigenvalue weighted by Crippen LogP contribution is 2.25. The first-order valence-corrected chi connectivity index (χ1v) is 5.39. The highest BCUT2D eigenvalue weighted by molar-refractivity contribution is 9.10. The van der Waals surface area contributed by atoms with Gasteiger partial charge < -0.3 is 0 Å². The summed E-state index contributed by atoms with van der Waals surface area (Å²) in [6, 6.07) is 7.79. The normalized spacial score (nSPS) is 9.86. The van der Waals surface area contributed by atoms with Crippen molar-refractivity contribution in [1.29, 1.82) is 0 Å². The van der Waals surface area contributed by atoms with Crippen molar-refractivity contribution in [2.45, 2.75) is 12.8 Å². The molecule has 0 aromatic heterocycles. The number of allylic oxidation sites excluding steroid dienone is 1. The van der Waals surface area contributed by atoms with Crippen LogP contribution in [0.25, 0.3) is 5.57 Å². The minimum atomic E-state index is -0.321. The van der Waals surface area contributed by atoms with E-state index in [4.69, 9.17) is 11.6 Å². The second-order valence-electron chi connectivity index (χ2n) is 2.94. The summed E-state index contributed by atoms with van der Waals surface area (Å²) in [5, 5.41) is -0.321. The second kappa shape index (κ2) is 5.32. The molecule has 0 aliphatic carbocycles. The van der Waals surface area contributed by atoms with Crippen LogP contribution in [0.5, 0.6) is 0 Å². The van der Waals surface area contributed by atoms with Gasteiger partial charge in [-0.1, -0.05) is 40.7 Å². The second-order valence-corrected chi connectivity index (χ2v) is 4.21. The van der Waals surface area contributed by atoms with Gasteiger partial charge in [0, 0.05) is 10.9 Å². The maximum Gasteiger partial charge on any atom is 0.221 e. The van der Waals surface area contributed by atoms with Crippen molar-refractivity contribution < 1.29 is 4.79 Å². The Hall–Kier alpha value is -0.600. The molecule has 0 amide bonds. The zero-order valence-corrected chi connectivity index (χ0v) is 9.94. The van der Waals surface area contributed by atoms with Crippen molar-refractivity contribution in [2.24, 2.45) is 0 Å². The number of carbonyl (C=O) groups is 1.